The number of nitrogens with one attached hydrogen (secondary N) is 1. The number of rotatable bonds is 8. The molecule has 0 spiro atoms. The van der Waals surface area contributed by atoms with Crippen molar-refractivity contribution in [2.75, 3.05) is 31.7 Å². The van der Waals surface area contributed by atoms with E-state index < -0.39 is 0 Å². The lowest BCUT2D eigenvalue weighted by molar-refractivity contribution is -0.125. The minimum Gasteiger partial charge on any atom is -0.497 e. The molecule has 0 unspecified atom stereocenters. The number of methoxy groups -OCH3 is 1. The molecule has 0 bridgehead atoms. The maximum Gasteiger partial charge on any atom is 0.258 e. The fourth-order valence-electron chi connectivity index (χ4n) is 3.94. The van der Waals surface area contributed by atoms with Crippen LogP contribution < -0.4 is 19.7 Å². The van der Waals surface area contributed by atoms with Gasteiger partial charge in [0, 0.05) is 19.6 Å². The lowest BCUT2D eigenvalue weighted by atomic mass is 9.97. The second kappa shape index (κ2) is 10.3. The maximum atomic E-state index is 12.9. The highest BCUT2D eigenvalue weighted by Gasteiger charge is 2.28. The summed E-state index contributed by atoms with van der Waals surface area (Å²) in [7, 11) is 1.64. The molecule has 3 aromatic rings. The third kappa shape index (κ3) is 5.10. The van der Waals surface area contributed by atoms with Crippen molar-refractivity contribution < 1.29 is 14.3 Å². The number of amides is 1. The molecule has 0 radical (unpaired) electrons. The van der Waals surface area contributed by atoms with Crippen molar-refractivity contribution in [2.24, 2.45) is 5.92 Å². The minimum atomic E-state index is -0.103. The molecule has 2 heterocycles. The molecule has 7 nitrogen and oxygen atoms in total. The van der Waals surface area contributed by atoms with Crippen LogP contribution in [0.2, 0.25) is 0 Å². The van der Waals surface area contributed by atoms with Crippen molar-refractivity contribution in [3.8, 4) is 11.6 Å². The van der Waals surface area contributed by atoms with Gasteiger partial charge in [0.05, 0.1) is 30.7 Å². The van der Waals surface area contributed by atoms with Crippen molar-refractivity contribution in [3.05, 3.63) is 54.1 Å². The third-order valence-electron chi connectivity index (χ3n) is 5.68. The van der Waals surface area contributed by atoms with Gasteiger partial charge in [0.15, 0.2) is 5.82 Å². The number of anilines is 1. The van der Waals surface area contributed by atoms with E-state index in [9.17, 15) is 4.79 Å². The molecular formula is C25H30N4O3. The van der Waals surface area contributed by atoms with Crippen molar-refractivity contribution in [2.45, 2.75) is 32.7 Å². The zero-order chi connectivity index (χ0) is 22.3. The van der Waals surface area contributed by atoms with Gasteiger partial charge >= 0.3 is 0 Å². The molecule has 0 aliphatic carbocycles. The summed E-state index contributed by atoms with van der Waals surface area (Å²) in [6, 6.07) is 15.5. The summed E-state index contributed by atoms with van der Waals surface area (Å²) in [5.74, 6) is 2.04. The number of piperidine rings is 1. The van der Waals surface area contributed by atoms with E-state index in [1.54, 1.807) is 7.11 Å². The molecule has 1 aliphatic rings. The van der Waals surface area contributed by atoms with Gasteiger partial charge < -0.3 is 19.7 Å². The number of carbonyl (C=O) groups is 1. The number of hydrogen-bond acceptors (Lipinski definition) is 6. The maximum absolute atomic E-state index is 12.9. The fourth-order valence-corrected chi connectivity index (χ4v) is 3.94. The SMILES string of the molecule is CCCOc1nc2ccccc2nc1N1CCC[C@H](C(=O)NCc2ccc(OC)cc2)C1. The van der Waals surface area contributed by atoms with Gasteiger partial charge in [-0.05, 0) is 49.1 Å². The van der Waals surface area contributed by atoms with E-state index >= 15 is 0 Å². The Bertz CT molecular complexity index is 1050. The molecule has 7 heteroatoms. The Balaban J connectivity index is 1.46. The number of aromatic nitrogens is 2. The largest absolute Gasteiger partial charge is 0.497 e. The number of benzene rings is 2. The number of ether oxygens (including phenoxy) is 2. The second-order valence-electron chi connectivity index (χ2n) is 8.04. The van der Waals surface area contributed by atoms with E-state index in [-0.39, 0.29) is 11.8 Å². The van der Waals surface area contributed by atoms with Crippen LogP contribution in [0.15, 0.2) is 48.5 Å². The van der Waals surface area contributed by atoms with Crippen LogP contribution in [-0.4, -0.2) is 42.7 Å². The Morgan fingerprint density at radius 2 is 1.88 bits per heavy atom. The monoisotopic (exact) mass is 434 g/mol. The summed E-state index contributed by atoms with van der Waals surface area (Å²) < 4.78 is 11.1. The zero-order valence-corrected chi connectivity index (χ0v) is 18.7. The molecular weight excluding hydrogens is 404 g/mol. The van der Waals surface area contributed by atoms with Crippen LogP contribution in [0, 0.1) is 5.92 Å². The first-order valence-electron chi connectivity index (χ1n) is 11.2. The van der Waals surface area contributed by atoms with Gasteiger partial charge in [-0.2, -0.15) is 0 Å². The predicted octanol–water partition coefficient (Wildman–Crippen LogP) is 3.96. The lowest BCUT2D eigenvalue weighted by Crippen LogP contribution is -2.43. The normalized spacial score (nSPS) is 16.1. The van der Waals surface area contributed by atoms with Gasteiger partial charge in [0.25, 0.3) is 5.88 Å². The van der Waals surface area contributed by atoms with Gasteiger partial charge in [0.2, 0.25) is 5.91 Å². The Labute approximate surface area is 188 Å². The topological polar surface area (TPSA) is 76.6 Å². The number of fused-ring (bicyclic) bond motifs is 1. The second-order valence-corrected chi connectivity index (χ2v) is 8.04. The molecule has 168 valence electrons. The van der Waals surface area contributed by atoms with Crippen LogP contribution in [0.25, 0.3) is 11.0 Å². The molecule has 2 aromatic carbocycles. The van der Waals surface area contributed by atoms with Gasteiger partial charge in [0.1, 0.15) is 5.75 Å². The van der Waals surface area contributed by atoms with Crippen molar-refractivity contribution in [1.29, 1.82) is 0 Å². The van der Waals surface area contributed by atoms with E-state index in [0.717, 1.165) is 54.0 Å². The minimum absolute atomic E-state index is 0.0651. The Hall–Kier alpha value is -3.35. The molecule has 1 amide bonds. The first kappa shape index (κ1) is 21.9. The van der Waals surface area contributed by atoms with Crippen LogP contribution >= 0.6 is 0 Å². The smallest absolute Gasteiger partial charge is 0.258 e. The van der Waals surface area contributed by atoms with Crippen LogP contribution in [-0.2, 0) is 11.3 Å². The fraction of sp³-hybridized carbons (Fsp3) is 0.400. The van der Waals surface area contributed by atoms with Crippen LogP contribution in [0.3, 0.4) is 0 Å². The van der Waals surface area contributed by atoms with E-state index in [1.807, 2.05) is 48.5 Å². The number of hydrogen-bond donors (Lipinski definition) is 1. The van der Waals surface area contributed by atoms with Crippen molar-refractivity contribution >= 4 is 22.8 Å². The van der Waals surface area contributed by atoms with E-state index in [2.05, 4.69) is 17.1 Å². The van der Waals surface area contributed by atoms with Crippen LogP contribution in [0.1, 0.15) is 31.7 Å². The van der Waals surface area contributed by atoms with Crippen molar-refractivity contribution in [3.63, 3.8) is 0 Å². The quantitative estimate of drug-likeness (QED) is 0.578. The molecule has 4 rings (SSSR count). The first-order valence-corrected chi connectivity index (χ1v) is 11.2. The molecule has 1 aliphatic heterocycles. The molecule has 1 fully saturated rings. The summed E-state index contributed by atoms with van der Waals surface area (Å²) in [4.78, 5) is 24.6. The lowest BCUT2D eigenvalue weighted by Gasteiger charge is -2.33. The molecule has 1 atom stereocenters. The van der Waals surface area contributed by atoms with Gasteiger partial charge in [-0.3, -0.25) is 4.79 Å². The third-order valence-corrected chi connectivity index (χ3v) is 5.68. The molecule has 1 N–H and O–H groups in total. The Morgan fingerprint density at radius 3 is 2.59 bits per heavy atom. The summed E-state index contributed by atoms with van der Waals surface area (Å²) in [6.07, 6.45) is 2.67. The van der Waals surface area contributed by atoms with Gasteiger partial charge in [-0.1, -0.05) is 31.2 Å². The average molecular weight is 435 g/mol. The van der Waals surface area contributed by atoms with Crippen molar-refractivity contribution in [1.82, 2.24) is 15.3 Å². The Kier molecular flexibility index (Phi) is 7.04. The van der Waals surface area contributed by atoms with Crippen LogP contribution in [0.5, 0.6) is 11.6 Å². The van der Waals surface area contributed by atoms with Crippen LogP contribution in [0.4, 0.5) is 5.82 Å². The summed E-state index contributed by atoms with van der Waals surface area (Å²) in [6.45, 7) is 4.58. The molecule has 0 saturated carbocycles. The van der Waals surface area contributed by atoms with E-state index in [0.29, 0.717) is 25.6 Å². The Morgan fingerprint density at radius 1 is 1.12 bits per heavy atom. The summed E-state index contributed by atoms with van der Waals surface area (Å²) >= 11 is 0. The highest BCUT2D eigenvalue weighted by molar-refractivity contribution is 5.80. The molecule has 32 heavy (non-hydrogen) atoms. The zero-order valence-electron chi connectivity index (χ0n) is 18.7. The average Bonchev–Trinajstić information content (AvgIpc) is 2.85. The molecule has 1 aromatic heterocycles. The summed E-state index contributed by atoms with van der Waals surface area (Å²) in [5, 5.41) is 3.08. The van der Waals surface area contributed by atoms with E-state index in [4.69, 9.17) is 19.4 Å². The standard InChI is InChI=1S/C25H30N4O3/c1-3-15-32-25-23(27-21-8-4-5-9-22(21)28-25)29-14-6-7-19(17-29)24(30)26-16-18-10-12-20(31-2)13-11-18/h4-5,8-13,19H,3,6-7,14-17H2,1-2H3,(H,26,30)/t19-/m0/s1. The van der Waals surface area contributed by atoms with E-state index in [1.165, 1.54) is 0 Å². The molecule has 1 saturated heterocycles. The highest BCUT2D eigenvalue weighted by Crippen LogP contribution is 2.31. The number of carbonyl (C=O) groups excluding carboxylic acids is 1. The first-order chi connectivity index (χ1) is 15.7. The van der Waals surface area contributed by atoms with Gasteiger partial charge in [-0.25, -0.2) is 9.97 Å². The highest BCUT2D eigenvalue weighted by atomic mass is 16.5. The predicted molar refractivity (Wildman–Crippen MR) is 125 cm³/mol. The number of para-hydroxylation sites is 2. The number of nitrogens with zero attached hydrogens (tertiary/aromatic N) is 3. The van der Waals surface area contributed by atoms with Gasteiger partial charge in [-0.15, -0.1) is 0 Å². The summed E-state index contributed by atoms with van der Waals surface area (Å²) in [5.41, 5.74) is 2.69.